The summed E-state index contributed by atoms with van der Waals surface area (Å²) in [5.74, 6) is 0.521. The molecule has 4 heteroatoms. The Hall–Kier alpha value is -1.22. The highest BCUT2D eigenvalue weighted by Crippen LogP contribution is 2.33. The Bertz CT molecular complexity index is 508. The average molecular weight is 224 g/mol. The second kappa shape index (κ2) is 3.14. The molecule has 15 heavy (non-hydrogen) atoms. The molecule has 0 bridgehead atoms. The number of anilines is 1. The zero-order valence-electron chi connectivity index (χ0n) is 9.06. The van der Waals surface area contributed by atoms with Gasteiger partial charge in [0.2, 0.25) is 0 Å². The largest absolute Gasteiger partial charge is 0.382 e. The summed E-state index contributed by atoms with van der Waals surface area (Å²) in [6.45, 7) is 6.36. The Morgan fingerprint density at radius 1 is 1.33 bits per heavy atom. The molecule has 0 unspecified atom stereocenters. The molecule has 0 aliphatic carbocycles. The second-order valence-electron chi connectivity index (χ2n) is 4.74. The summed E-state index contributed by atoms with van der Waals surface area (Å²) >= 11 is 6.21. The quantitative estimate of drug-likeness (QED) is 0.721. The Labute approximate surface area is 93.6 Å². The number of hydrogen-bond acceptors (Lipinski definition) is 2. The number of rotatable bonds is 0. The molecule has 2 aromatic rings. The minimum absolute atomic E-state index is 0.00891. The number of H-pyrrole nitrogens is 1. The number of nitrogens with zero attached hydrogens (tertiary/aromatic N) is 1. The molecule has 0 aliphatic heterocycles. The third-order valence-corrected chi connectivity index (χ3v) is 2.80. The van der Waals surface area contributed by atoms with E-state index in [9.17, 15) is 0 Å². The van der Waals surface area contributed by atoms with Gasteiger partial charge in [-0.3, -0.25) is 5.10 Å². The third kappa shape index (κ3) is 1.67. The van der Waals surface area contributed by atoms with Crippen molar-refractivity contribution in [1.82, 2.24) is 10.2 Å². The van der Waals surface area contributed by atoms with Crippen molar-refractivity contribution in [2.24, 2.45) is 0 Å². The van der Waals surface area contributed by atoms with E-state index in [0.29, 0.717) is 5.82 Å². The van der Waals surface area contributed by atoms with E-state index in [1.54, 1.807) is 0 Å². The van der Waals surface area contributed by atoms with Gasteiger partial charge in [-0.15, -0.1) is 0 Å². The van der Waals surface area contributed by atoms with E-state index in [1.165, 1.54) is 0 Å². The summed E-state index contributed by atoms with van der Waals surface area (Å²) in [6, 6.07) is 3.89. The molecule has 0 saturated heterocycles. The molecule has 0 atom stereocenters. The van der Waals surface area contributed by atoms with Crippen LogP contribution in [0.3, 0.4) is 0 Å². The first-order valence-corrected chi connectivity index (χ1v) is 5.21. The molecule has 2 rings (SSSR count). The zero-order chi connectivity index (χ0) is 11.2. The lowest BCUT2D eigenvalue weighted by molar-refractivity contribution is 0.591. The molecule has 1 aromatic carbocycles. The molecule has 0 fully saturated rings. The summed E-state index contributed by atoms with van der Waals surface area (Å²) in [5, 5.41) is 8.49. The molecule has 1 aromatic heterocycles. The Kier molecular flexibility index (Phi) is 2.15. The number of nitrogens with one attached hydrogen (secondary N) is 1. The van der Waals surface area contributed by atoms with Crippen molar-refractivity contribution in [2.75, 3.05) is 5.73 Å². The SMILES string of the molecule is CC(C)(C)c1cc2c(N)n[nH]c2cc1Cl. The van der Waals surface area contributed by atoms with Crippen LogP contribution in [0.15, 0.2) is 12.1 Å². The van der Waals surface area contributed by atoms with E-state index in [1.807, 2.05) is 12.1 Å². The van der Waals surface area contributed by atoms with Crippen molar-refractivity contribution < 1.29 is 0 Å². The van der Waals surface area contributed by atoms with E-state index < -0.39 is 0 Å². The van der Waals surface area contributed by atoms with Crippen molar-refractivity contribution in [3.63, 3.8) is 0 Å². The van der Waals surface area contributed by atoms with Crippen molar-refractivity contribution in [1.29, 1.82) is 0 Å². The van der Waals surface area contributed by atoms with E-state index in [2.05, 4.69) is 31.0 Å². The van der Waals surface area contributed by atoms with Crippen LogP contribution in [0.4, 0.5) is 5.82 Å². The van der Waals surface area contributed by atoms with Crippen molar-refractivity contribution in [3.05, 3.63) is 22.7 Å². The van der Waals surface area contributed by atoms with Gasteiger partial charge in [0, 0.05) is 10.4 Å². The van der Waals surface area contributed by atoms with Crippen LogP contribution >= 0.6 is 11.6 Å². The highest BCUT2D eigenvalue weighted by Gasteiger charge is 2.19. The maximum Gasteiger partial charge on any atom is 0.153 e. The molecule has 80 valence electrons. The van der Waals surface area contributed by atoms with Gasteiger partial charge >= 0.3 is 0 Å². The Morgan fingerprint density at radius 2 is 2.00 bits per heavy atom. The Balaban J connectivity index is 2.76. The van der Waals surface area contributed by atoms with Crippen molar-refractivity contribution in [2.45, 2.75) is 26.2 Å². The van der Waals surface area contributed by atoms with Crippen LogP contribution in [-0.2, 0) is 5.41 Å². The van der Waals surface area contributed by atoms with Crippen LogP contribution in [0, 0.1) is 0 Å². The number of hydrogen-bond donors (Lipinski definition) is 2. The molecule has 3 N–H and O–H groups in total. The lowest BCUT2D eigenvalue weighted by Gasteiger charge is -2.20. The average Bonchev–Trinajstić information content (AvgIpc) is 2.44. The number of nitrogen functional groups attached to an aromatic ring is 1. The monoisotopic (exact) mass is 223 g/mol. The van der Waals surface area contributed by atoms with Gasteiger partial charge in [-0.05, 0) is 23.1 Å². The van der Waals surface area contributed by atoms with Gasteiger partial charge in [0.25, 0.3) is 0 Å². The summed E-state index contributed by atoms with van der Waals surface area (Å²) in [6.07, 6.45) is 0. The standard InChI is InChI=1S/C11H14ClN3/c1-11(2,3)7-4-6-9(5-8(7)12)14-15-10(6)13/h4-5H,1-3H3,(H3,13,14,15). The first-order valence-electron chi connectivity index (χ1n) is 4.83. The van der Waals surface area contributed by atoms with E-state index in [4.69, 9.17) is 17.3 Å². The highest BCUT2D eigenvalue weighted by molar-refractivity contribution is 6.32. The van der Waals surface area contributed by atoms with Crippen molar-refractivity contribution >= 4 is 28.3 Å². The van der Waals surface area contributed by atoms with Gasteiger partial charge in [0.1, 0.15) is 0 Å². The molecule has 0 radical (unpaired) electrons. The fourth-order valence-electron chi connectivity index (χ4n) is 1.63. The van der Waals surface area contributed by atoms with Crippen LogP contribution < -0.4 is 5.73 Å². The summed E-state index contributed by atoms with van der Waals surface area (Å²) in [4.78, 5) is 0. The molecular formula is C11H14ClN3. The molecule has 0 amide bonds. The van der Waals surface area contributed by atoms with Gasteiger partial charge in [0.05, 0.1) is 5.52 Å². The lowest BCUT2D eigenvalue weighted by Crippen LogP contribution is -2.11. The third-order valence-electron chi connectivity index (χ3n) is 2.49. The normalized spacial score (nSPS) is 12.3. The topological polar surface area (TPSA) is 54.7 Å². The van der Waals surface area contributed by atoms with E-state index >= 15 is 0 Å². The number of halogens is 1. The van der Waals surface area contributed by atoms with Crippen LogP contribution in [-0.4, -0.2) is 10.2 Å². The van der Waals surface area contributed by atoms with Crippen LogP contribution in [0.1, 0.15) is 26.3 Å². The van der Waals surface area contributed by atoms with Gasteiger partial charge in [-0.1, -0.05) is 32.4 Å². The number of aromatic amines is 1. The molecular weight excluding hydrogens is 210 g/mol. The first kappa shape index (κ1) is 10.3. The van der Waals surface area contributed by atoms with Gasteiger partial charge < -0.3 is 5.73 Å². The highest BCUT2D eigenvalue weighted by atomic mass is 35.5. The molecule has 1 heterocycles. The van der Waals surface area contributed by atoms with Crippen LogP contribution in [0.5, 0.6) is 0 Å². The maximum absolute atomic E-state index is 6.21. The summed E-state index contributed by atoms with van der Waals surface area (Å²) in [7, 11) is 0. The summed E-state index contributed by atoms with van der Waals surface area (Å²) in [5.41, 5.74) is 7.73. The van der Waals surface area contributed by atoms with Gasteiger partial charge in [-0.2, -0.15) is 5.10 Å². The predicted octanol–water partition coefficient (Wildman–Crippen LogP) is 3.10. The van der Waals surface area contributed by atoms with Gasteiger partial charge in [0.15, 0.2) is 5.82 Å². The molecule has 0 aliphatic rings. The predicted molar refractivity (Wildman–Crippen MR) is 64.2 cm³/mol. The zero-order valence-corrected chi connectivity index (χ0v) is 9.81. The number of nitrogens with two attached hydrogens (primary N) is 1. The molecule has 0 saturated carbocycles. The number of benzene rings is 1. The van der Waals surface area contributed by atoms with Crippen molar-refractivity contribution in [3.8, 4) is 0 Å². The minimum Gasteiger partial charge on any atom is -0.382 e. The summed E-state index contributed by atoms with van der Waals surface area (Å²) < 4.78 is 0. The number of aromatic nitrogens is 2. The fraction of sp³-hybridized carbons (Fsp3) is 0.364. The molecule has 3 nitrogen and oxygen atoms in total. The maximum atomic E-state index is 6.21. The first-order chi connectivity index (χ1) is 6.89. The minimum atomic E-state index is 0.00891. The fourth-order valence-corrected chi connectivity index (χ4v) is 2.08. The van der Waals surface area contributed by atoms with E-state index in [0.717, 1.165) is 21.5 Å². The van der Waals surface area contributed by atoms with Crippen LogP contribution in [0.2, 0.25) is 5.02 Å². The van der Waals surface area contributed by atoms with E-state index in [-0.39, 0.29) is 5.41 Å². The molecule has 0 spiro atoms. The van der Waals surface area contributed by atoms with Crippen LogP contribution in [0.25, 0.3) is 10.9 Å². The van der Waals surface area contributed by atoms with Gasteiger partial charge in [-0.25, -0.2) is 0 Å². The Morgan fingerprint density at radius 3 is 2.60 bits per heavy atom. The number of fused-ring (bicyclic) bond motifs is 1. The second-order valence-corrected chi connectivity index (χ2v) is 5.14. The lowest BCUT2D eigenvalue weighted by atomic mass is 9.86. The smallest absolute Gasteiger partial charge is 0.153 e.